The van der Waals surface area contributed by atoms with Gasteiger partial charge < -0.3 is 9.79 Å². The Morgan fingerprint density at radius 1 is 1.11 bits per heavy atom. The minimum absolute atomic E-state index is 0.323. The Morgan fingerprint density at radius 3 is 1.94 bits per heavy atom. The summed E-state index contributed by atoms with van der Waals surface area (Å²) in [6.45, 7) is 0. The number of benzene rings is 1. The van der Waals surface area contributed by atoms with Gasteiger partial charge in [0.1, 0.15) is 0 Å². The first-order valence-electron chi connectivity index (χ1n) is 4.18. The first kappa shape index (κ1) is 15.6. The van der Waals surface area contributed by atoms with Crippen molar-refractivity contribution in [1.82, 2.24) is 0 Å². The molecule has 0 bridgehead atoms. The summed E-state index contributed by atoms with van der Waals surface area (Å²) in [7, 11) is -5.82. The Hall–Kier alpha value is -0.500. The quantitative estimate of drug-likeness (QED) is 0.629. The van der Waals surface area contributed by atoms with Crippen LogP contribution in [0.4, 0.5) is 22.0 Å². The summed E-state index contributed by atoms with van der Waals surface area (Å²) in [6, 6.07) is 0.981. The lowest BCUT2D eigenvalue weighted by atomic mass is 10.1. The Balaban J connectivity index is 3.35. The normalized spacial score (nSPS) is 13.8. The van der Waals surface area contributed by atoms with E-state index >= 15 is 0 Å². The van der Waals surface area contributed by atoms with Crippen LogP contribution >= 0.6 is 23.5 Å². The molecule has 1 aromatic carbocycles. The molecule has 0 heterocycles. The molecule has 2 N–H and O–H groups in total. The highest BCUT2D eigenvalue weighted by Crippen LogP contribution is 2.60. The van der Waals surface area contributed by atoms with Crippen molar-refractivity contribution in [2.45, 2.75) is 11.8 Å². The Kier molecular flexibility index (Phi) is 3.94. The molecule has 102 valence electrons. The number of hydrogen-bond acceptors (Lipinski definition) is 1. The Morgan fingerprint density at radius 2 is 1.61 bits per heavy atom. The molecule has 0 amide bonds. The number of rotatable bonds is 2. The van der Waals surface area contributed by atoms with Gasteiger partial charge in [0.05, 0.1) is 5.56 Å². The third-order valence-corrected chi connectivity index (χ3v) is 3.61. The van der Waals surface area contributed by atoms with Crippen LogP contribution in [0.3, 0.4) is 0 Å². The average molecular weight is 355 g/mol. The van der Waals surface area contributed by atoms with E-state index in [1.165, 1.54) is 0 Å². The van der Waals surface area contributed by atoms with Crippen molar-refractivity contribution in [2.24, 2.45) is 0 Å². The van der Waals surface area contributed by atoms with Crippen molar-refractivity contribution in [2.75, 3.05) is 0 Å². The second-order valence-corrected chi connectivity index (χ2v) is 5.78. The molecule has 0 fully saturated rings. The molecule has 0 saturated carbocycles. The van der Waals surface area contributed by atoms with Crippen LogP contribution in [0.2, 0.25) is 0 Å². The second-order valence-electron chi connectivity index (χ2n) is 3.28. The van der Waals surface area contributed by atoms with Crippen molar-refractivity contribution in [1.29, 1.82) is 0 Å². The van der Waals surface area contributed by atoms with Gasteiger partial charge in [-0.1, -0.05) is 22.0 Å². The molecule has 0 aromatic heterocycles. The van der Waals surface area contributed by atoms with Gasteiger partial charge in [-0.15, -0.1) is 0 Å². The van der Waals surface area contributed by atoms with Crippen LogP contribution in [0.15, 0.2) is 22.7 Å². The highest BCUT2D eigenvalue weighted by molar-refractivity contribution is 9.10. The summed E-state index contributed by atoms with van der Waals surface area (Å²) in [5.41, 5.74) is -6.97. The Labute approximate surface area is 106 Å². The molecule has 0 aliphatic heterocycles. The van der Waals surface area contributed by atoms with E-state index in [0.717, 1.165) is 0 Å². The van der Waals surface area contributed by atoms with Gasteiger partial charge >= 0.3 is 19.4 Å². The van der Waals surface area contributed by atoms with Gasteiger partial charge in [0.15, 0.2) is 0 Å². The van der Waals surface area contributed by atoms with Gasteiger partial charge in [-0.05, 0) is 12.1 Å². The molecule has 0 unspecified atom stereocenters. The van der Waals surface area contributed by atoms with Gasteiger partial charge in [0.2, 0.25) is 0 Å². The monoisotopic (exact) mass is 354 g/mol. The molecule has 0 spiro atoms. The van der Waals surface area contributed by atoms with Crippen molar-refractivity contribution < 1.29 is 36.3 Å². The zero-order valence-electron chi connectivity index (χ0n) is 8.25. The maximum absolute atomic E-state index is 13.3. The summed E-state index contributed by atoms with van der Waals surface area (Å²) in [6.07, 6.45) is -4.74. The van der Waals surface area contributed by atoms with Crippen molar-refractivity contribution in [3.05, 3.63) is 33.8 Å². The van der Waals surface area contributed by atoms with E-state index in [-0.39, 0.29) is 0 Å². The van der Waals surface area contributed by atoms with Crippen LogP contribution in [0.5, 0.6) is 0 Å². The predicted octanol–water partition coefficient (Wildman–Crippen LogP) is 3.69. The van der Waals surface area contributed by atoms with E-state index in [9.17, 15) is 26.5 Å². The molecule has 0 aliphatic rings. The van der Waals surface area contributed by atoms with Crippen molar-refractivity contribution in [3.8, 4) is 0 Å². The smallest absolute Gasteiger partial charge is 0.320 e. The fourth-order valence-electron chi connectivity index (χ4n) is 1.09. The van der Waals surface area contributed by atoms with Crippen LogP contribution in [-0.2, 0) is 16.4 Å². The summed E-state index contributed by atoms with van der Waals surface area (Å²) in [4.78, 5) is 16.9. The third-order valence-electron chi connectivity index (χ3n) is 1.99. The van der Waals surface area contributed by atoms with E-state index in [1.807, 2.05) is 0 Å². The summed E-state index contributed by atoms with van der Waals surface area (Å²) >= 11 is 2.44. The van der Waals surface area contributed by atoms with Gasteiger partial charge in [-0.3, -0.25) is 4.57 Å². The molecule has 1 aromatic rings. The molecule has 10 heteroatoms. The zero-order valence-corrected chi connectivity index (χ0v) is 10.7. The SMILES string of the molecule is O=P(O)(O)C(F)(F)c1ccc(C(F)(F)F)cc1Br. The third kappa shape index (κ3) is 2.90. The summed E-state index contributed by atoms with van der Waals surface area (Å²) in [5.74, 6) is 0. The zero-order chi connectivity index (χ0) is 14.4. The lowest BCUT2D eigenvalue weighted by Gasteiger charge is -2.20. The van der Waals surface area contributed by atoms with Crippen molar-refractivity contribution in [3.63, 3.8) is 0 Å². The van der Waals surface area contributed by atoms with Crippen LogP contribution in [0.25, 0.3) is 0 Å². The van der Waals surface area contributed by atoms with E-state index in [0.29, 0.717) is 18.2 Å². The first-order chi connectivity index (χ1) is 7.87. The molecule has 0 atom stereocenters. The van der Waals surface area contributed by atoms with Gasteiger partial charge in [-0.2, -0.15) is 22.0 Å². The van der Waals surface area contributed by atoms with Gasteiger partial charge in [0.25, 0.3) is 0 Å². The Bertz CT molecular complexity index is 510. The van der Waals surface area contributed by atoms with E-state index in [2.05, 4.69) is 15.9 Å². The molecule has 18 heavy (non-hydrogen) atoms. The maximum atomic E-state index is 13.3. The number of halogens is 6. The fourth-order valence-corrected chi connectivity index (χ4v) is 2.38. The summed E-state index contributed by atoms with van der Waals surface area (Å²) in [5, 5.41) is 0. The molecule has 0 saturated heterocycles. The molecule has 3 nitrogen and oxygen atoms in total. The van der Waals surface area contributed by atoms with Crippen LogP contribution in [0.1, 0.15) is 11.1 Å². The fraction of sp³-hybridized carbons (Fsp3) is 0.250. The van der Waals surface area contributed by atoms with Crippen LogP contribution in [-0.4, -0.2) is 9.79 Å². The molecule has 1 rings (SSSR count). The van der Waals surface area contributed by atoms with Gasteiger partial charge in [-0.25, -0.2) is 0 Å². The van der Waals surface area contributed by atoms with E-state index in [1.54, 1.807) is 0 Å². The van der Waals surface area contributed by atoms with Crippen LogP contribution in [0, 0.1) is 0 Å². The molecular weight excluding hydrogens is 350 g/mol. The lowest BCUT2D eigenvalue weighted by Crippen LogP contribution is -2.15. The highest BCUT2D eigenvalue weighted by Gasteiger charge is 2.51. The summed E-state index contributed by atoms with van der Waals surface area (Å²) < 4.78 is 73.2. The highest BCUT2D eigenvalue weighted by atomic mass is 79.9. The standard InChI is InChI=1S/C8H5BrF5O3P/c9-6-3-4(7(10,11)12)1-2-5(6)8(13,14)18(15,16)17/h1-3H,(H2,15,16,17). The molecule has 0 radical (unpaired) electrons. The molecule has 0 aliphatic carbocycles. The number of alkyl halides is 5. The average Bonchev–Trinajstić information content (AvgIpc) is 2.13. The topological polar surface area (TPSA) is 57.5 Å². The van der Waals surface area contributed by atoms with Crippen molar-refractivity contribution >= 4 is 23.5 Å². The first-order valence-corrected chi connectivity index (χ1v) is 6.58. The largest absolute Gasteiger partial charge is 0.416 e. The second kappa shape index (κ2) is 4.56. The van der Waals surface area contributed by atoms with E-state index in [4.69, 9.17) is 9.79 Å². The molecular formula is C8H5BrF5O3P. The maximum Gasteiger partial charge on any atom is 0.416 e. The predicted molar refractivity (Wildman–Crippen MR) is 55.1 cm³/mol. The number of hydrogen-bond donors (Lipinski definition) is 2. The van der Waals surface area contributed by atoms with E-state index < -0.39 is 35.0 Å². The van der Waals surface area contributed by atoms with Gasteiger partial charge in [0, 0.05) is 10.0 Å². The lowest BCUT2D eigenvalue weighted by molar-refractivity contribution is -0.137. The van der Waals surface area contributed by atoms with Crippen LogP contribution < -0.4 is 0 Å². The minimum Gasteiger partial charge on any atom is -0.320 e. The minimum atomic E-state index is -5.82.